The summed E-state index contributed by atoms with van der Waals surface area (Å²) in [6, 6.07) is 16.5. The molecule has 0 aliphatic carbocycles. The van der Waals surface area contributed by atoms with Crippen molar-refractivity contribution >= 4 is 5.91 Å². The van der Waals surface area contributed by atoms with E-state index < -0.39 is 0 Å². The Morgan fingerprint density at radius 3 is 2.75 bits per heavy atom. The van der Waals surface area contributed by atoms with Crippen LogP contribution < -0.4 is 10.1 Å². The number of aromatic nitrogens is 3. The highest BCUT2D eigenvalue weighted by Crippen LogP contribution is 2.21. The van der Waals surface area contributed by atoms with Crippen molar-refractivity contribution in [2.75, 3.05) is 13.7 Å². The lowest BCUT2D eigenvalue weighted by molar-refractivity contribution is 0.0944. The Kier molecular flexibility index (Phi) is 6.85. The van der Waals surface area contributed by atoms with Gasteiger partial charge in [0.2, 0.25) is 0 Å². The van der Waals surface area contributed by atoms with E-state index in [9.17, 15) is 4.79 Å². The molecule has 7 heteroatoms. The maximum Gasteiger partial charge on any atom is 0.274 e. The van der Waals surface area contributed by atoms with Crippen LogP contribution in [0.1, 0.15) is 53.5 Å². The fraction of sp³-hybridized carbons (Fsp3) is 0.400. The number of nitrogens with zero attached hydrogens (tertiary/aromatic N) is 4. The van der Waals surface area contributed by atoms with Crippen molar-refractivity contribution < 1.29 is 9.53 Å². The summed E-state index contributed by atoms with van der Waals surface area (Å²) in [5.74, 6) is 0.501. The maximum absolute atomic E-state index is 12.9. The van der Waals surface area contributed by atoms with Crippen LogP contribution in [0, 0.1) is 6.92 Å². The lowest BCUT2D eigenvalue weighted by atomic mass is 10.0. The summed E-state index contributed by atoms with van der Waals surface area (Å²) < 4.78 is 6.94. The summed E-state index contributed by atoms with van der Waals surface area (Å²) in [5, 5.41) is 11.4. The van der Waals surface area contributed by atoms with Crippen molar-refractivity contribution in [1.29, 1.82) is 0 Å². The van der Waals surface area contributed by atoms with Gasteiger partial charge in [-0.05, 0) is 56.5 Å². The van der Waals surface area contributed by atoms with E-state index in [1.165, 1.54) is 24.8 Å². The van der Waals surface area contributed by atoms with Gasteiger partial charge in [-0.25, -0.2) is 4.68 Å². The third kappa shape index (κ3) is 4.83. The Labute approximate surface area is 189 Å². The standard InChI is InChI=1S/C25H31N5O2/c1-18-9-6-7-14-29(18)17-21-11-5-4-10-20(21)16-26-25(31)24-19(2)30(28-27-24)22-12-8-13-23(15-22)32-3/h4-5,8,10-13,15,18H,6-7,9,14,16-17H2,1-3H3,(H,26,31). The molecule has 2 aromatic carbocycles. The van der Waals surface area contributed by atoms with E-state index in [0.29, 0.717) is 24.0 Å². The van der Waals surface area contributed by atoms with E-state index in [1.807, 2.05) is 37.3 Å². The summed E-state index contributed by atoms with van der Waals surface area (Å²) in [6.45, 7) is 6.66. The summed E-state index contributed by atoms with van der Waals surface area (Å²) in [7, 11) is 1.62. The fourth-order valence-electron chi connectivity index (χ4n) is 4.28. The topological polar surface area (TPSA) is 72.3 Å². The molecule has 0 bridgehead atoms. The minimum absolute atomic E-state index is 0.224. The highest BCUT2D eigenvalue weighted by atomic mass is 16.5. The Bertz CT molecular complexity index is 1080. The third-order valence-corrected chi connectivity index (χ3v) is 6.28. The van der Waals surface area contributed by atoms with Gasteiger partial charge in [-0.1, -0.05) is 42.0 Å². The highest BCUT2D eigenvalue weighted by molar-refractivity contribution is 5.93. The fourth-order valence-corrected chi connectivity index (χ4v) is 4.28. The molecule has 2 heterocycles. The normalized spacial score (nSPS) is 16.7. The molecule has 32 heavy (non-hydrogen) atoms. The van der Waals surface area contributed by atoms with Gasteiger partial charge in [0.1, 0.15) is 5.75 Å². The minimum atomic E-state index is -0.224. The van der Waals surface area contributed by atoms with Crippen molar-refractivity contribution in [1.82, 2.24) is 25.2 Å². The van der Waals surface area contributed by atoms with E-state index in [4.69, 9.17) is 4.74 Å². The first-order valence-corrected chi connectivity index (χ1v) is 11.2. The molecule has 0 saturated carbocycles. The van der Waals surface area contributed by atoms with Crippen molar-refractivity contribution in [2.45, 2.75) is 52.2 Å². The number of amides is 1. The molecule has 7 nitrogen and oxygen atoms in total. The van der Waals surface area contributed by atoms with E-state index in [2.05, 4.69) is 45.7 Å². The lowest BCUT2D eigenvalue weighted by Crippen LogP contribution is -2.37. The molecule has 168 valence electrons. The molecule has 1 amide bonds. The summed E-state index contributed by atoms with van der Waals surface area (Å²) in [6.07, 6.45) is 3.82. The zero-order valence-electron chi connectivity index (χ0n) is 19.0. The predicted octanol–water partition coefficient (Wildman–Crippen LogP) is 3.89. The first-order chi connectivity index (χ1) is 15.6. The van der Waals surface area contributed by atoms with Gasteiger partial charge in [0.05, 0.1) is 18.5 Å². The van der Waals surface area contributed by atoms with Gasteiger partial charge in [0.15, 0.2) is 5.69 Å². The number of piperidine rings is 1. The zero-order valence-corrected chi connectivity index (χ0v) is 19.0. The number of likely N-dealkylation sites (tertiary alicyclic amines) is 1. The molecule has 3 aromatic rings. The molecule has 1 atom stereocenters. The number of ether oxygens (including phenoxy) is 1. The number of nitrogens with one attached hydrogen (secondary N) is 1. The number of rotatable bonds is 7. The van der Waals surface area contributed by atoms with Crippen molar-refractivity contribution in [3.05, 3.63) is 71.0 Å². The van der Waals surface area contributed by atoms with Gasteiger partial charge in [0.25, 0.3) is 5.91 Å². The first kappa shape index (κ1) is 22.0. The molecule has 0 radical (unpaired) electrons. The Hall–Kier alpha value is -3.19. The number of methoxy groups -OCH3 is 1. The van der Waals surface area contributed by atoms with E-state index in [0.717, 1.165) is 30.1 Å². The quantitative estimate of drug-likeness (QED) is 0.612. The first-order valence-electron chi connectivity index (χ1n) is 11.2. The maximum atomic E-state index is 12.9. The number of carbonyl (C=O) groups excluding carboxylic acids is 1. The number of hydrogen-bond donors (Lipinski definition) is 1. The second-order valence-electron chi connectivity index (χ2n) is 8.40. The van der Waals surface area contributed by atoms with Crippen LogP contribution in [-0.2, 0) is 13.1 Å². The van der Waals surface area contributed by atoms with Crippen LogP contribution in [0.5, 0.6) is 5.75 Å². The zero-order chi connectivity index (χ0) is 22.5. The SMILES string of the molecule is COc1cccc(-n2nnc(C(=O)NCc3ccccc3CN3CCCCC3C)c2C)c1. The Morgan fingerprint density at radius 2 is 1.97 bits per heavy atom. The lowest BCUT2D eigenvalue weighted by Gasteiger charge is -2.33. The molecule has 1 saturated heterocycles. The summed E-state index contributed by atoms with van der Waals surface area (Å²) in [4.78, 5) is 15.4. The molecule has 1 unspecified atom stereocenters. The summed E-state index contributed by atoms with van der Waals surface area (Å²) >= 11 is 0. The molecule has 1 aliphatic rings. The molecule has 1 aromatic heterocycles. The molecule has 1 N–H and O–H groups in total. The van der Waals surface area contributed by atoms with Crippen LogP contribution in [0.25, 0.3) is 5.69 Å². The second kappa shape index (κ2) is 9.96. The van der Waals surface area contributed by atoms with E-state index in [1.54, 1.807) is 11.8 Å². The monoisotopic (exact) mass is 433 g/mol. The summed E-state index contributed by atoms with van der Waals surface area (Å²) in [5.41, 5.74) is 4.21. The molecular weight excluding hydrogens is 402 g/mol. The Morgan fingerprint density at radius 1 is 1.16 bits per heavy atom. The van der Waals surface area contributed by atoms with Crippen LogP contribution in [0.15, 0.2) is 48.5 Å². The smallest absolute Gasteiger partial charge is 0.274 e. The molecule has 4 rings (SSSR count). The van der Waals surface area contributed by atoms with Crippen molar-refractivity contribution in [2.24, 2.45) is 0 Å². The van der Waals surface area contributed by atoms with Crippen LogP contribution in [0.2, 0.25) is 0 Å². The van der Waals surface area contributed by atoms with Gasteiger partial charge in [-0.15, -0.1) is 5.10 Å². The average Bonchev–Trinajstić information content (AvgIpc) is 3.21. The molecule has 1 aliphatic heterocycles. The highest BCUT2D eigenvalue weighted by Gasteiger charge is 2.20. The van der Waals surface area contributed by atoms with Gasteiger partial charge in [0, 0.05) is 25.2 Å². The minimum Gasteiger partial charge on any atom is -0.497 e. The van der Waals surface area contributed by atoms with Crippen LogP contribution >= 0.6 is 0 Å². The predicted molar refractivity (Wildman–Crippen MR) is 124 cm³/mol. The second-order valence-corrected chi connectivity index (χ2v) is 8.40. The van der Waals surface area contributed by atoms with Crippen LogP contribution in [0.3, 0.4) is 0 Å². The molecular formula is C25H31N5O2. The number of carbonyl (C=O) groups is 1. The van der Waals surface area contributed by atoms with Crippen LogP contribution in [-0.4, -0.2) is 45.5 Å². The number of benzene rings is 2. The third-order valence-electron chi connectivity index (χ3n) is 6.28. The van der Waals surface area contributed by atoms with Crippen molar-refractivity contribution in [3.63, 3.8) is 0 Å². The van der Waals surface area contributed by atoms with Gasteiger partial charge in [-0.3, -0.25) is 9.69 Å². The Balaban J connectivity index is 1.45. The van der Waals surface area contributed by atoms with Gasteiger partial charge < -0.3 is 10.1 Å². The number of hydrogen-bond acceptors (Lipinski definition) is 5. The van der Waals surface area contributed by atoms with Crippen molar-refractivity contribution in [3.8, 4) is 11.4 Å². The average molecular weight is 434 g/mol. The van der Waals surface area contributed by atoms with Crippen LogP contribution in [0.4, 0.5) is 0 Å². The van der Waals surface area contributed by atoms with E-state index >= 15 is 0 Å². The largest absolute Gasteiger partial charge is 0.497 e. The molecule has 1 fully saturated rings. The van der Waals surface area contributed by atoms with Gasteiger partial charge >= 0.3 is 0 Å². The molecule has 0 spiro atoms. The van der Waals surface area contributed by atoms with Gasteiger partial charge in [-0.2, -0.15) is 0 Å². The van der Waals surface area contributed by atoms with E-state index in [-0.39, 0.29) is 5.91 Å².